The molecule has 0 saturated carbocycles. The molecule has 7 nitrogen and oxygen atoms in total. The first-order valence-corrected chi connectivity index (χ1v) is 8.23. The Labute approximate surface area is 171 Å². The van der Waals surface area contributed by atoms with Crippen molar-refractivity contribution in [2.45, 2.75) is 0 Å². The molecule has 10 heteroatoms. The third kappa shape index (κ3) is 6.75. The third-order valence-corrected chi connectivity index (χ3v) is 4.18. The zero-order valence-electron chi connectivity index (χ0n) is 10.4. The summed E-state index contributed by atoms with van der Waals surface area (Å²) in [5.74, 6) is -0.181. The van der Waals surface area contributed by atoms with Gasteiger partial charge in [-0.15, -0.1) is 0 Å². The number of para-hydroxylation sites is 2. The van der Waals surface area contributed by atoms with Crippen LogP contribution < -0.4 is 8.37 Å². The molecule has 0 aliphatic heterocycles. The zero-order valence-corrected chi connectivity index (χ0v) is 12.1. The van der Waals surface area contributed by atoms with Gasteiger partial charge in [-0.05, 0) is 24.3 Å². The Morgan fingerprint density at radius 1 is 0.591 bits per heavy atom. The Hall–Kier alpha value is -0.464. The average Bonchev–Trinajstić information content (AvgIpc) is 2.38. The van der Waals surface area contributed by atoms with Crippen LogP contribution in [0.1, 0.15) is 0 Å². The van der Waals surface area contributed by atoms with E-state index in [9.17, 15) is 16.8 Å². The van der Waals surface area contributed by atoms with Gasteiger partial charge in [-0.25, -0.2) is 0 Å². The molecule has 22 heavy (non-hydrogen) atoms. The Morgan fingerprint density at radius 2 is 0.909 bits per heavy atom. The molecule has 0 spiro atoms. The second kappa shape index (κ2) is 8.41. The van der Waals surface area contributed by atoms with E-state index < -0.39 is 20.8 Å². The maximum absolute atomic E-state index is 11.5. The van der Waals surface area contributed by atoms with E-state index in [1.165, 1.54) is 48.5 Å². The van der Waals surface area contributed by atoms with E-state index in [0.717, 1.165) is 0 Å². The summed E-state index contributed by atoms with van der Waals surface area (Å²) >= 11 is 0. The van der Waals surface area contributed by atoms with E-state index in [4.69, 9.17) is 0 Å². The van der Waals surface area contributed by atoms with Gasteiger partial charge in [0.25, 0.3) is 0 Å². The van der Waals surface area contributed by atoms with Gasteiger partial charge in [0.1, 0.15) is 11.5 Å². The van der Waals surface area contributed by atoms with Gasteiger partial charge >= 0.3 is 72.2 Å². The molecule has 2 aromatic carbocycles. The van der Waals surface area contributed by atoms with Gasteiger partial charge in [0.2, 0.25) is 0 Å². The molecule has 2 rings (SSSR count). The van der Waals surface area contributed by atoms with Crippen LogP contribution in [0.25, 0.3) is 0 Å². The summed E-state index contributed by atoms with van der Waals surface area (Å²) in [6, 6.07) is 14.6. The minimum absolute atomic E-state index is 0. The van der Waals surface area contributed by atoms with Crippen LogP contribution in [0.15, 0.2) is 60.7 Å². The van der Waals surface area contributed by atoms with Gasteiger partial charge in [0.15, 0.2) is 0 Å². The van der Waals surface area contributed by atoms with Gasteiger partial charge in [-0.1, -0.05) is 40.0 Å². The summed E-state index contributed by atoms with van der Waals surface area (Å²) in [4.78, 5) is 0. The molecule has 114 valence electrons. The fourth-order valence-corrected chi connectivity index (χ4v) is 3.05. The van der Waals surface area contributed by atoms with E-state index in [1.807, 2.05) is 0 Å². The number of benzene rings is 2. The molecule has 0 amide bonds. The Bertz CT molecular complexity index is 720. The predicted octanol–water partition coefficient (Wildman–Crippen LogP) is 1.00. The molecular weight excluding hydrogens is 359 g/mol. The van der Waals surface area contributed by atoms with Gasteiger partial charge in [-0.3, -0.25) is 0 Å². The van der Waals surface area contributed by atoms with Crippen LogP contribution >= 0.6 is 0 Å². The molecule has 0 fully saturated rings. The molecule has 2 aromatic rings. The van der Waals surface area contributed by atoms with Gasteiger partial charge in [0.05, 0.1) is 0 Å². The summed E-state index contributed by atoms with van der Waals surface area (Å²) in [7, 11) is -9.65. The number of hydrogen-bond donors (Lipinski definition) is 0. The van der Waals surface area contributed by atoms with Gasteiger partial charge < -0.3 is 8.37 Å². The standard InChI is InChI=1S/C12H10O7S2.K.H/c13-20(14,17-11-7-3-1-4-8-11)19-21(15,16)18-12-9-5-2-6-10-12;;/h1-10H;;. The monoisotopic (exact) mass is 370 g/mol. The molecule has 0 unspecified atom stereocenters. The second-order valence-corrected chi connectivity index (χ2v) is 6.19. The summed E-state index contributed by atoms with van der Waals surface area (Å²) < 4.78 is 58.9. The molecule has 0 aliphatic carbocycles. The zero-order chi connectivity index (χ0) is 15.3. The summed E-state index contributed by atoms with van der Waals surface area (Å²) in [6.07, 6.45) is 0. The fraction of sp³-hybridized carbons (Fsp3) is 0. The Balaban J connectivity index is 0.00000242. The molecule has 0 radical (unpaired) electrons. The van der Waals surface area contributed by atoms with Crippen LogP contribution in [0.3, 0.4) is 0 Å². The van der Waals surface area contributed by atoms with Crippen molar-refractivity contribution in [1.29, 1.82) is 0 Å². The molecule has 0 aliphatic rings. The van der Waals surface area contributed by atoms with E-state index in [0.29, 0.717) is 0 Å². The van der Waals surface area contributed by atoms with Crippen molar-refractivity contribution >= 4 is 72.2 Å². The summed E-state index contributed by atoms with van der Waals surface area (Å²) in [6.45, 7) is 0. The molecule has 0 aromatic heterocycles. The van der Waals surface area contributed by atoms with Crippen LogP contribution in [-0.2, 0) is 24.4 Å². The van der Waals surface area contributed by atoms with Crippen LogP contribution in [0, 0.1) is 0 Å². The van der Waals surface area contributed by atoms with Crippen molar-refractivity contribution in [1.82, 2.24) is 0 Å². The van der Waals surface area contributed by atoms with Crippen LogP contribution in [0.4, 0.5) is 0 Å². The van der Waals surface area contributed by atoms with Crippen molar-refractivity contribution < 1.29 is 28.8 Å². The fourth-order valence-electron chi connectivity index (χ4n) is 1.32. The van der Waals surface area contributed by atoms with E-state index in [2.05, 4.69) is 12.0 Å². The molecule has 0 atom stereocenters. The van der Waals surface area contributed by atoms with Crippen LogP contribution in [0.2, 0.25) is 0 Å². The SMILES string of the molecule is O=S(=O)(Oc1ccccc1)OS(=O)(=O)Oc1ccccc1.[KH]. The number of rotatable bonds is 6. The first-order chi connectivity index (χ1) is 9.86. The molecule has 0 saturated heterocycles. The van der Waals surface area contributed by atoms with Crippen LogP contribution in [-0.4, -0.2) is 68.2 Å². The maximum atomic E-state index is 11.5. The Kier molecular flexibility index (Phi) is 7.48. The predicted molar refractivity (Wildman–Crippen MR) is 80.2 cm³/mol. The topological polar surface area (TPSA) is 96.0 Å². The molecule has 0 N–H and O–H groups in total. The van der Waals surface area contributed by atoms with Crippen molar-refractivity contribution in [2.24, 2.45) is 0 Å². The Morgan fingerprint density at radius 3 is 1.23 bits per heavy atom. The van der Waals surface area contributed by atoms with Crippen LogP contribution in [0.5, 0.6) is 11.5 Å². The van der Waals surface area contributed by atoms with E-state index in [-0.39, 0.29) is 62.9 Å². The third-order valence-electron chi connectivity index (χ3n) is 2.05. The van der Waals surface area contributed by atoms with Crippen molar-refractivity contribution in [3.05, 3.63) is 60.7 Å². The van der Waals surface area contributed by atoms with Crippen molar-refractivity contribution in [3.63, 3.8) is 0 Å². The molecule has 0 heterocycles. The quantitative estimate of drug-likeness (QED) is 0.700. The second-order valence-electron chi connectivity index (χ2n) is 3.68. The number of hydrogen-bond acceptors (Lipinski definition) is 7. The average molecular weight is 370 g/mol. The van der Waals surface area contributed by atoms with E-state index >= 15 is 0 Å². The molecule has 0 bridgehead atoms. The van der Waals surface area contributed by atoms with Gasteiger partial charge in [0, 0.05) is 0 Å². The first-order valence-electron chi connectivity index (χ1n) is 5.56. The van der Waals surface area contributed by atoms with E-state index in [1.54, 1.807) is 12.1 Å². The minimum atomic E-state index is -4.83. The first kappa shape index (κ1) is 19.6. The van der Waals surface area contributed by atoms with Crippen molar-refractivity contribution in [3.8, 4) is 11.5 Å². The van der Waals surface area contributed by atoms with Crippen molar-refractivity contribution in [2.75, 3.05) is 0 Å². The summed E-state index contributed by atoms with van der Waals surface area (Å²) in [5.41, 5.74) is 0. The summed E-state index contributed by atoms with van der Waals surface area (Å²) in [5, 5.41) is 0. The normalized spacial score (nSPS) is 11.3. The molecular formula is C12H11KO7S2. The van der Waals surface area contributed by atoms with Gasteiger partial charge in [-0.2, -0.15) is 16.8 Å².